The van der Waals surface area contributed by atoms with Gasteiger partial charge in [0.2, 0.25) is 0 Å². The van der Waals surface area contributed by atoms with Gasteiger partial charge in [0.25, 0.3) is 5.91 Å². The van der Waals surface area contributed by atoms with Crippen LogP contribution in [-0.4, -0.2) is 79.0 Å². The Morgan fingerprint density at radius 1 is 1.08 bits per heavy atom. The van der Waals surface area contributed by atoms with Crippen LogP contribution in [0.4, 0.5) is 9.18 Å². The molecular formula is C26H28ClFN4O4. The zero-order valence-electron chi connectivity index (χ0n) is 20.2. The van der Waals surface area contributed by atoms with E-state index < -0.39 is 23.9 Å². The Kier molecular flexibility index (Phi) is 7.91. The molecule has 1 atom stereocenters. The molecule has 2 aliphatic heterocycles. The van der Waals surface area contributed by atoms with Crippen LogP contribution in [0.1, 0.15) is 28.9 Å². The summed E-state index contributed by atoms with van der Waals surface area (Å²) in [7, 11) is 1.57. The molecule has 10 heteroatoms. The Balaban J connectivity index is 1.58. The van der Waals surface area contributed by atoms with E-state index in [9.17, 15) is 18.8 Å². The molecule has 1 fully saturated rings. The van der Waals surface area contributed by atoms with Crippen LogP contribution >= 0.6 is 11.6 Å². The Bertz CT molecular complexity index is 1200. The average Bonchev–Trinajstić information content (AvgIpc) is 2.87. The van der Waals surface area contributed by atoms with E-state index in [-0.39, 0.29) is 30.2 Å². The number of nitrogens with one attached hydrogen (secondary N) is 1. The lowest BCUT2D eigenvalue weighted by atomic mass is 9.94. The molecule has 36 heavy (non-hydrogen) atoms. The van der Waals surface area contributed by atoms with Gasteiger partial charge in [-0.2, -0.15) is 0 Å². The number of carbonyl (C=O) groups is 3. The number of carbonyl (C=O) groups excluding carboxylic acids is 3. The molecule has 2 aromatic carbocycles. The smallest absolute Gasteiger partial charge is 0.338 e. The molecule has 0 aliphatic carbocycles. The van der Waals surface area contributed by atoms with Gasteiger partial charge in [-0.1, -0.05) is 41.9 Å². The second-order valence-electron chi connectivity index (χ2n) is 8.59. The maximum absolute atomic E-state index is 14.7. The number of piperazine rings is 1. The number of urea groups is 1. The fourth-order valence-corrected chi connectivity index (χ4v) is 4.68. The van der Waals surface area contributed by atoms with E-state index in [0.717, 1.165) is 0 Å². The van der Waals surface area contributed by atoms with E-state index in [1.807, 2.05) is 0 Å². The number of likely N-dealkylation sites (N-methyl/N-ethyl adjacent to an activating group) is 1. The van der Waals surface area contributed by atoms with Gasteiger partial charge < -0.3 is 15.0 Å². The van der Waals surface area contributed by atoms with Crippen LogP contribution in [0.5, 0.6) is 0 Å². The molecule has 1 N–H and O–H groups in total. The lowest BCUT2D eigenvalue weighted by Crippen LogP contribution is -2.53. The van der Waals surface area contributed by atoms with Crippen LogP contribution < -0.4 is 5.32 Å². The molecular weight excluding hydrogens is 487 g/mol. The van der Waals surface area contributed by atoms with Crippen LogP contribution in [0.2, 0.25) is 5.02 Å². The predicted octanol–water partition coefficient (Wildman–Crippen LogP) is 3.45. The van der Waals surface area contributed by atoms with Crippen molar-refractivity contribution in [2.24, 2.45) is 0 Å². The van der Waals surface area contributed by atoms with Crippen molar-refractivity contribution in [2.75, 3.05) is 46.4 Å². The third kappa shape index (κ3) is 5.22. The minimum Gasteiger partial charge on any atom is -0.463 e. The standard InChI is InChI=1S/C26H28ClFN4O4/c1-3-36-25(34)22-21(30(2)26(35)29-23(22)18-9-5-7-11-20(18)28)16-31-12-14-32(15-13-31)24(33)17-8-4-6-10-19(17)27/h4-11,23H,3,12-16H2,1-2H3,(H,29,35). The van der Waals surface area contributed by atoms with Crippen molar-refractivity contribution < 1.29 is 23.5 Å². The minimum atomic E-state index is -0.980. The maximum Gasteiger partial charge on any atom is 0.338 e. The van der Waals surface area contributed by atoms with Crippen molar-refractivity contribution in [3.63, 3.8) is 0 Å². The summed E-state index contributed by atoms with van der Waals surface area (Å²) in [4.78, 5) is 43.9. The summed E-state index contributed by atoms with van der Waals surface area (Å²) in [6, 6.07) is 11.5. The molecule has 1 saturated heterocycles. The molecule has 0 spiro atoms. The molecule has 0 radical (unpaired) electrons. The first-order chi connectivity index (χ1) is 17.3. The summed E-state index contributed by atoms with van der Waals surface area (Å²) in [5, 5.41) is 3.14. The Hall–Kier alpha value is -3.43. The van der Waals surface area contributed by atoms with Crippen molar-refractivity contribution in [1.82, 2.24) is 20.0 Å². The van der Waals surface area contributed by atoms with Gasteiger partial charge in [-0.25, -0.2) is 14.0 Å². The summed E-state index contributed by atoms with van der Waals surface area (Å²) in [5.41, 5.74) is 1.28. The first kappa shape index (κ1) is 25.7. The van der Waals surface area contributed by atoms with Gasteiger partial charge in [0.15, 0.2) is 0 Å². The Labute approximate surface area is 214 Å². The van der Waals surface area contributed by atoms with E-state index in [1.165, 1.54) is 11.0 Å². The van der Waals surface area contributed by atoms with Gasteiger partial charge in [-0.15, -0.1) is 0 Å². The lowest BCUT2D eigenvalue weighted by Gasteiger charge is -2.39. The number of halogens is 2. The molecule has 1 unspecified atom stereocenters. The molecule has 2 heterocycles. The highest BCUT2D eigenvalue weighted by atomic mass is 35.5. The van der Waals surface area contributed by atoms with Gasteiger partial charge in [-0.05, 0) is 25.1 Å². The van der Waals surface area contributed by atoms with Gasteiger partial charge in [0.05, 0.1) is 28.8 Å². The largest absolute Gasteiger partial charge is 0.463 e. The molecule has 0 saturated carbocycles. The Morgan fingerprint density at radius 3 is 2.42 bits per heavy atom. The highest BCUT2D eigenvalue weighted by Crippen LogP contribution is 2.33. The number of nitrogens with zero attached hydrogens (tertiary/aromatic N) is 3. The Morgan fingerprint density at radius 2 is 1.75 bits per heavy atom. The minimum absolute atomic E-state index is 0.138. The van der Waals surface area contributed by atoms with Gasteiger partial charge in [0.1, 0.15) is 5.82 Å². The SMILES string of the molecule is CCOC(=O)C1=C(CN2CCN(C(=O)c3ccccc3Cl)CC2)N(C)C(=O)NC1c1ccccc1F. The molecule has 0 bridgehead atoms. The van der Waals surface area contributed by atoms with E-state index in [0.29, 0.717) is 42.5 Å². The van der Waals surface area contributed by atoms with Crippen molar-refractivity contribution in [1.29, 1.82) is 0 Å². The summed E-state index contributed by atoms with van der Waals surface area (Å²) >= 11 is 6.19. The molecule has 3 amide bonds. The number of rotatable bonds is 6. The fraction of sp³-hybridized carbons (Fsp3) is 0.346. The molecule has 4 rings (SSSR count). The highest BCUT2D eigenvalue weighted by Gasteiger charge is 2.38. The highest BCUT2D eigenvalue weighted by molar-refractivity contribution is 6.33. The summed E-state index contributed by atoms with van der Waals surface area (Å²) in [5.74, 6) is -1.28. The fourth-order valence-electron chi connectivity index (χ4n) is 4.47. The van der Waals surface area contributed by atoms with E-state index >= 15 is 0 Å². The normalized spacial score (nSPS) is 18.8. The molecule has 2 aromatic rings. The second-order valence-corrected chi connectivity index (χ2v) is 9.00. The van der Waals surface area contributed by atoms with Crippen LogP contribution in [0.15, 0.2) is 59.8 Å². The zero-order chi connectivity index (χ0) is 25.8. The number of amides is 3. The molecule has 0 aromatic heterocycles. The van der Waals surface area contributed by atoms with E-state index in [2.05, 4.69) is 10.2 Å². The zero-order valence-corrected chi connectivity index (χ0v) is 20.9. The molecule has 190 valence electrons. The monoisotopic (exact) mass is 514 g/mol. The summed E-state index contributed by atoms with van der Waals surface area (Å²) in [6.45, 7) is 4.05. The first-order valence-electron chi connectivity index (χ1n) is 11.8. The van der Waals surface area contributed by atoms with Crippen molar-refractivity contribution in [2.45, 2.75) is 13.0 Å². The average molecular weight is 515 g/mol. The third-order valence-corrected chi connectivity index (χ3v) is 6.76. The predicted molar refractivity (Wildman–Crippen MR) is 133 cm³/mol. The van der Waals surface area contributed by atoms with E-state index in [4.69, 9.17) is 16.3 Å². The number of ether oxygens (including phenoxy) is 1. The second kappa shape index (κ2) is 11.1. The van der Waals surface area contributed by atoms with Gasteiger partial charge >= 0.3 is 12.0 Å². The number of esters is 1. The quantitative estimate of drug-likeness (QED) is 0.597. The van der Waals surface area contributed by atoms with E-state index in [1.54, 1.807) is 61.3 Å². The third-order valence-electron chi connectivity index (χ3n) is 6.43. The summed E-state index contributed by atoms with van der Waals surface area (Å²) in [6.07, 6.45) is 0. The maximum atomic E-state index is 14.7. The number of benzene rings is 2. The summed E-state index contributed by atoms with van der Waals surface area (Å²) < 4.78 is 20.0. The first-order valence-corrected chi connectivity index (χ1v) is 12.1. The molecule has 2 aliphatic rings. The van der Waals surface area contributed by atoms with Crippen molar-refractivity contribution in [3.8, 4) is 0 Å². The van der Waals surface area contributed by atoms with Crippen LogP contribution in [-0.2, 0) is 9.53 Å². The van der Waals surface area contributed by atoms with Crippen LogP contribution in [0, 0.1) is 5.82 Å². The van der Waals surface area contributed by atoms with Crippen molar-refractivity contribution in [3.05, 3.63) is 81.8 Å². The van der Waals surface area contributed by atoms with Crippen molar-refractivity contribution >= 4 is 29.5 Å². The van der Waals surface area contributed by atoms with Gasteiger partial charge in [0, 0.05) is 51.0 Å². The van der Waals surface area contributed by atoms with Crippen LogP contribution in [0.3, 0.4) is 0 Å². The molecule has 8 nitrogen and oxygen atoms in total. The number of hydrogen-bond acceptors (Lipinski definition) is 5. The van der Waals surface area contributed by atoms with Gasteiger partial charge in [-0.3, -0.25) is 14.6 Å². The number of hydrogen-bond donors (Lipinski definition) is 1. The topological polar surface area (TPSA) is 82.2 Å². The lowest BCUT2D eigenvalue weighted by molar-refractivity contribution is -0.139. The van der Waals surface area contributed by atoms with Crippen LogP contribution in [0.25, 0.3) is 0 Å².